The molecule has 2 N–H and O–H groups in total. The van der Waals surface area contributed by atoms with Gasteiger partial charge < -0.3 is 19.7 Å². The number of nitrogens with zero attached hydrogens (tertiary/aromatic N) is 3. The highest BCUT2D eigenvalue weighted by molar-refractivity contribution is 5.94. The molecule has 0 spiro atoms. The van der Waals surface area contributed by atoms with E-state index in [1.807, 2.05) is 0 Å². The predicted octanol–water partition coefficient (Wildman–Crippen LogP) is 4.40. The molecule has 2 aromatic rings. The van der Waals surface area contributed by atoms with E-state index < -0.39 is 17.6 Å². The van der Waals surface area contributed by atoms with Gasteiger partial charge in [-0.2, -0.15) is 18.3 Å². The molecule has 0 aromatic carbocycles. The van der Waals surface area contributed by atoms with Crippen molar-refractivity contribution in [3.8, 4) is 17.1 Å². The third-order valence-corrected chi connectivity index (χ3v) is 8.54. The number of carbonyl (C=O) groups is 2. The summed E-state index contributed by atoms with van der Waals surface area (Å²) in [5.74, 6) is -1.15. The Kier molecular flexibility index (Phi) is 7.77. The van der Waals surface area contributed by atoms with Crippen LogP contribution in [0, 0.1) is 11.7 Å². The van der Waals surface area contributed by atoms with Gasteiger partial charge in [0.2, 0.25) is 11.8 Å². The van der Waals surface area contributed by atoms with Gasteiger partial charge in [0.25, 0.3) is 5.91 Å². The largest absolute Gasteiger partial charge is 0.481 e. The van der Waals surface area contributed by atoms with Gasteiger partial charge in [-0.05, 0) is 64.4 Å². The first-order chi connectivity index (χ1) is 19.0. The highest BCUT2D eigenvalue weighted by Gasteiger charge is 2.57. The number of nitrogens with one attached hydrogen (secondary N) is 2. The number of piperidine rings is 1. The molecule has 2 aliphatic heterocycles. The Labute approximate surface area is 229 Å². The highest BCUT2D eigenvalue weighted by atomic mass is 19.4. The number of amides is 2. The minimum atomic E-state index is -4.45. The van der Waals surface area contributed by atoms with Crippen LogP contribution in [0.4, 0.5) is 17.6 Å². The zero-order valence-corrected chi connectivity index (χ0v) is 22.4. The molecule has 2 aromatic heterocycles. The van der Waals surface area contributed by atoms with Crippen molar-refractivity contribution < 1.29 is 36.6 Å². The number of H-pyrrole nitrogens is 1. The molecule has 2 saturated heterocycles. The molecule has 1 unspecified atom stereocenters. The number of ether oxygens (including phenoxy) is 2. The number of halogens is 4. The minimum Gasteiger partial charge on any atom is -0.481 e. The number of hydrogen-bond donors (Lipinski definition) is 2. The summed E-state index contributed by atoms with van der Waals surface area (Å²) in [6.45, 7) is 1.53. The topological polar surface area (TPSA) is 109 Å². The number of rotatable bonds is 7. The Morgan fingerprint density at radius 3 is 2.42 bits per heavy atom. The second kappa shape index (κ2) is 11.0. The predicted molar refractivity (Wildman–Crippen MR) is 135 cm³/mol. The van der Waals surface area contributed by atoms with E-state index in [1.54, 1.807) is 11.8 Å². The molecular weight excluding hydrogens is 534 g/mol. The lowest BCUT2D eigenvalue weighted by molar-refractivity contribution is -0.287. The van der Waals surface area contributed by atoms with Gasteiger partial charge >= 0.3 is 6.18 Å². The highest BCUT2D eigenvalue weighted by Crippen LogP contribution is 2.45. The second-order valence-corrected chi connectivity index (χ2v) is 10.8. The number of fused-ring (bicyclic) bond motifs is 2. The Morgan fingerprint density at radius 1 is 1.15 bits per heavy atom. The first kappa shape index (κ1) is 28.3. The summed E-state index contributed by atoms with van der Waals surface area (Å²) in [6, 6.07) is 2.27. The number of alkyl halides is 3. The standard InChI is InChI=1S/C27H33F4N5O4/c1-3-40-26(27(29,30)31)8-6-16(7-9-26)33-24(37)15-10-17-4-5-18(11-15)36(17)25(38)22-13-21(34-35-22)19-12-23(39-2)32-14-20(19)28/h12-18H,3-11H2,1-2H3,(H,33,37)(H,34,35)/t15?,16?,17-,18+,26?. The summed E-state index contributed by atoms with van der Waals surface area (Å²) in [5, 5.41) is 9.80. The molecule has 9 nitrogen and oxygen atoms in total. The van der Waals surface area contributed by atoms with Crippen LogP contribution in [0.1, 0.15) is 68.8 Å². The Morgan fingerprint density at radius 2 is 1.82 bits per heavy atom. The molecule has 4 heterocycles. The second-order valence-electron chi connectivity index (χ2n) is 10.8. The fourth-order valence-electron chi connectivity index (χ4n) is 6.50. The first-order valence-corrected chi connectivity index (χ1v) is 13.6. The van der Waals surface area contributed by atoms with Gasteiger partial charge in [0.15, 0.2) is 17.1 Å². The molecule has 5 rings (SSSR count). The van der Waals surface area contributed by atoms with E-state index in [-0.39, 0.29) is 85.3 Å². The molecule has 218 valence electrons. The zero-order valence-electron chi connectivity index (χ0n) is 22.4. The maximum absolute atomic E-state index is 14.3. The lowest BCUT2D eigenvalue weighted by Crippen LogP contribution is -2.54. The van der Waals surface area contributed by atoms with Crippen LogP contribution in [0.5, 0.6) is 5.88 Å². The molecule has 3 aliphatic rings. The number of aromatic nitrogens is 3. The molecule has 1 aliphatic carbocycles. The summed E-state index contributed by atoms with van der Waals surface area (Å²) in [7, 11) is 1.42. The van der Waals surface area contributed by atoms with E-state index in [4.69, 9.17) is 9.47 Å². The molecule has 1 saturated carbocycles. The number of aromatic amines is 1. The molecule has 3 atom stereocenters. The van der Waals surface area contributed by atoms with Crippen molar-refractivity contribution >= 4 is 11.8 Å². The van der Waals surface area contributed by atoms with Crippen LogP contribution in [-0.4, -0.2) is 75.5 Å². The van der Waals surface area contributed by atoms with Gasteiger partial charge in [-0.15, -0.1) is 0 Å². The van der Waals surface area contributed by atoms with Crippen LogP contribution in [-0.2, 0) is 9.53 Å². The maximum Gasteiger partial charge on any atom is 0.417 e. The third kappa shape index (κ3) is 5.27. The summed E-state index contributed by atoms with van der Waals surface area (Å²) >= 11 is 0. The van der Waals surface area contributed by atoms with Crippen molar-refractivity contribution in [2.45, 2.75) is 88.2 Å². The van der Waals surface area contributed by atoms with Crippen LogP contribution < -0.4 is 10.1 Å². The summed E-state index contributed by atoms with van der Waals surface area (Å²) < 4.78 is 65.5. The van der Waals surface area contributed by atoms with Crippen molar-refractivity contribution in [2.75, 3.05) is 13.7 Å². The van der Waals surface area contributed by atoms with Gasteiger partial charge in [0.1, 0.15) is 0 Å². The van der Waals surface area contributed by atoms with E-state index in [1.165, 1.54) is 19.2 Å². The van der Waals surface area contributed by atoms with Crippen molar-refractivity contribution in [1.29, 1.82) is 0 Å². The number of methoxy groups -OCH3 is 1. The van der Waals surface area contributed by atoms with Crippen molar-refractivity contribution in [3.05, 3.63) is 29.8 Å². The van der Waals surface area contributed by atoms with Crippen molar-refractivity contribution in [1.82, 2.24) is 25.4 Å². The fourth-order valence-corrected chi connectivity index (χ4v) is 6.50. The number of pyridine rings is 1. The normalized spacial score (nSPS) is 28.4. The molecular formula is C27H33F4N5O4. The summed E-state index contributed by atoms with van der Waals surface area (Å²) in [4.78, 5) is 32.1. The van der Waals surface area contributed by atoms with Gasteiger partial charge in [-0.25, -0.2) is 9.37 Å². The molecule has 40 heavy (non-hydrogen) atoms. The van der Waals surface area contributed by atoms with E-state index >= 15 is 0 Å². The lowest BCUT2D eigenvalue weighted by Gasteiger charge is -2.42. The van der Waals surface area contributed by atoms with Crippen molar-refractivity contribution in [3.63, 3.8) is 0 Å². The quantitative estimate of drug-likeness (QED) is 0.480. The van der Waals surface area contributed by atoms with E-state index in [2.05, 4.69) is 20.5 Å². The molecule has 2 amide bonds. The Balaban J connectivity index is 1.20. The lowest BCUT2D eigenvalue weighted by atomic mass is 9.81. The summed E-state index contributed by atoms with van der Waals surface area (Å²) in [5.41, 5.74) is -1.51. The van der Waals surface area contributed by atoms with Crippen LogP contribution in [0.2, 0.25) is 0 Å². The minimum absolute atomic E-state index is 0.0223. The number of carbonyl (C=O) groups excluding carboxylic acids is 2. The summed E-state index contributed by atoms with van der Waals surface area (Å²) in [6.07, 6.45) is -0.957. The van der Waals surface area contributed by atoms with E-state index in [0.717, 1.165) is 19.0 Å². The SMILES string of the molecule is CCOC1(C(F)(F)F)CCC(NC(=O)C2C[C@H]3CC[C@@H](C2)N3C(=O)c2cc(-c3cc(OC)ncc3F)[nH]n2)CC1. The molecule has 3 fully saturated rings. The number of hydrogen-bond acceptors (Lipinski definition) is 6. The molecule has 2 bridgehead atoms. The molecule has 13 heteroatoms. The van der Waals surface area contributed by atoms with Crippen LogP contribution in [0.15, 0.2) is 18.3 Å². The zero-order chi connectivity index (χ0) is 28.7. The van der Waals surface area contributed by atoms with Gasteiger partial charge in [-0.3, -0.25) is 14.7 Å². The average Bonchev–Trinajstić information content (AvgIpc) is 3.51. The van der Waals surface area contributed by atoms with E-state index in [9.17, 15) is 27.2 Å². The fraction of sp³-hybridized carbons (Fsp3) is 0.630. The van der Waals surface area contributed by atoms with Crippen LogP contribution in [0.25, 0.3) is 11.3 Å². The van der Waals surface area contributed by atoms with Gasteiger partial charge in [0, 0.05) is 42.3 Å². The first-order valence-electron chi connectivity index (χ1n) is 13.6. The monoisotopic (exact) mass is 567 g/mol. The van der Waals surface area contributed by atoms with Gasteiger partial charge in [0.05, 0.1) is 19.0 Å². The van der Waals surface area contributed by atoms with Crippen LogP contribution in [0.3, 0.4) is 0 Å². The van der Waals surface area contributed by atoms with Crippen LogP contribution >= 0.6 is 0 Å². The van der Waals surface area contributed by atoms with E-state index in [0.29, 0.717) is 18.5 Å². The van der Waals surface area contributed by atoms with Crippen molar-refractivity contribution in [2.24, 2.45) is 5.92 Å². The smallest absolute Gasteiger partial charge is 0.417 e. The average molecular weight is 568 g/mol. The Bertz CT molecular complexity index is 1230. The third-order valence-electron chi connectivity index (χ3n) is 8.54. The Hall–Kier alpha value is -3.22. The molecule has 0 radical (unpaired) electrons. The maximum atomic E-state index is 14.3. The van der Waals surface area contributed by atoms with Gasteiger partial charge in [-0.1, -0.05) is 0 Å².